The second kappa shape index (κ2) is 39.9. The van der Waals surface area contributed by atoms with E-state index in [-0.39, 0.29) is 0 Å². The number of carbonyl (C=O) groups excluding carboxylic acids is 3. The summed E-state index contributed by atoms with van der Waals surface area (Å²) in [7, 11) is 0. The smallest absolute Gasteiger partial charge is 0.217 e. The van der Waals surface area contributed by atoms with Crippen molar-refractivity contribution in [2.75, 3.05) is 33.0 Å². The second-order valence-corrected chi connectivity index (χ2v) is 30.1. The van der Waals surface area contributed by atoms with Gasteiger partial charge in [-0.05, 0) is 34.6 Å². The van der Waals surface area contributed by atoms with E-state index in [1.165, 1.54) is 34.6 Å². The van der Waals surface area contributed by atoms with Crippen molar-refractivity contribution in [3.8, 4) is 0 Å². The molecule has 0 aromatic rings. The Labute approximate surface area is 654 Å². The van der Waals surface area contributed by atoms with Crippen molar-refractivity contribution >= 4 is 17.7 Å². The topological polar surface area (TPSA) is 748 Å². The predicted octanol–water partition coefficient (Wildman–Crippen LogP) is -17.2. The number of aliphatic hydroxyl groups is 24. The SMILES string of the molecule is CC(=O)N[C@H]1[C@@H](O[C@@H]2[C@@H](O)[C@H](C)O[C@@H](O[C@@H]3[C@@H](O)[C@H](C)O[C@@H](O[C@H]4[C@@H](O[C@H]5[C@H](O)[C@@H](CO)O[C@H](O[C@@H]6[C@@H](O)[C@H](C)O[C@@H](O[C@@H]7[C@@H](O)[C@H](C)O[C@@H](O[C@H]8[C@@H](O[C@H]9[C@H](O)[C@@H](CO)O[C@H](O[C@@H]%10[C@@H](O)[C@H](C)O[C@@H](O)[C@@H]%10O)[C@@H]9NC(C)=O)O[C@H](CO)[C@@H](O)[C@@H]8O)[C@@H]7O)[C@@H]6O)[C@@H]5NC(C)=O)O[C@H](CO)[C@@H](O)[C@@H]4O)[C@@H]3O)[C@@H]2O)O[C@H](CO)[C@@H](O)[C@@H]1O. The van der Waals surface area contributed by atoms with Crippen LogP contribution in [0, 0.1) is 0 Å². The summed E-state index contributed by atoms with van der Waals surface area (Å²) < 4.78 is 113. The molecule has 0 radical (unpaired) electrons. The molecule has 10 heterocycles. The maximum atomic E-state index is 13.3. The number of amides is 3. The zero-order chi connectivity index (χ0) is 84.7. The van der Waals surface area contributed by atoms with E-state index >= 15 is 0 Å². The Morgan fingerprint density at radius 2 is 0.443 bits per heavy atom. The van der Waals surface area contributed by atoms with Crippen molar-refractivity contribution < 1.29 is 227 Å². The summed E-state index contributed by atoms with van der Waals surface area (Å²) in [6.45, 7) is 4.25. The zero-order valence-corrected chi connectivity index (χ0v) is 63.1. The lowest BCUT2D eigenvalue weighted by molar-refractivity contribution is -0.400. The highest BCUT2D eigenvalue weighted by molar-refractivity contribution is 5.74. The van der Waals surface area contributed by atoms with Crippen molar-refractivity contribution in [1.29, 1.82) is 0 Å². The molecule has 0 aliphatic carbocycles. The van der Waals surface area contributed by atoms with Crippen LogP contribution in [0.1, 0.15) is 55.4 Å². The normalized spacial score (nSPS) is 52.1. The lowest BCUT2D eigenvalue weighted by atomic mass is 9.94. The first kappa shape index (κ1) is 93.9. The van der Waals surface area contributed by atoms with Gasteiger partial charge in [0.2, 0.25) is 17.7 Å². The Hall–Kier alpha value is -3.31. The fourth-order valence-corrected chi connectivity index (χ4v) is 15.3. The Balaban J connectivity index is 0.860. The molecule has 50 atom stereocenters. The Morgan fingerprint density at radius 1 is 0.226 bits per heavy atom. The summed E-state index contributed by atoms with van der Waals surface area (Å²) in [6.07, 6.45) is -90.4. The molecule has 0 saturated carbocycles. The third kappa shape index (κ3) is 20.2. The summed E-state index contributed by atoms with van der Waals surface area (Å²) >= 11 is 0. The van der Waals surface area contributed by atoms with Crippen molar-refractivity contribution in [3.63, 3.8) is 0 Å². The lowest BCUT2D eigenvalue weighted by Gasteiger charge is -2.51. The number of hydrogen-bond acceptors (Lipinski definition) is 46. The Kier molecular flexibility index (Phi) is 32.6. The molecule has 10 saturated heterocycles. The molecule has 49 nitrogen and oxygen atoms in total. The average Bonchev–Trinajstić information content (AvgIpc) is 0.768. The van der Waals surface area contributed by atoms with Gasteiger partial charge < -0.3 is 229 Å². The lowest BCUT2D eigenvalue weighted by Crippen LogP contribution is -2.70. The first-order chi connectivity index (χ1) is 54.2. The minimum absolute atomic E-state index is 0.746. The van der Waals surface area contributed by atoms with E-state index in [0.717, 1.165) is 20.8 Å². The van der Waals surface area contributed by atoms with Gasteiger partial charge in [-0.25, -0.2) is 0 Å². The van der Waals surface area contributed by atoms with Crippen LogP contribution in [0.15, 0.2) is 0 Å². The van der Waals surface area contributed by atoms with Crippen LogP contribution in [0.4, 0.5) is 0 Å². The molecule has 115 heavy (non-hydrogen) atoms. The van der Waals surface area contributed by atoms with Crippen LogP contribution < -0.4 is 16.0 Å². The van der Waals surface area contributed by atoms with E-state index < -0.39 is 358 Å². The molecule has 666 valence electrons. The van der Waals surface area contributed by atoms with Crippen LogP contribution in [0.2, 0.25) is 0 Å². The molecule has 0 spiro atoms. The second-order valence-electron chi connectivity index (χ2n) is 30.1. The van der Waals surface area contributed by atoms with Gasteiger partial charge in [0.15, 0.2) is 62.9 Å². The fourth-order valence-electron chi connectivity index (χ4n) is 15.3. The zero-order valence-electron chi connectivity index (χ0n) is 63.1. The van der Waals surface area contributed by atoms with Gasteiger partial charge in [0, 0.05) is 20.8 Å². The molecule has 10 aliphatic heterocycles. The maximum Gasteiger partial charge on any atom is 0.217 e. The van der Waals surface area contributed by atoms with Gasteiger partial charge >= 0.3 is 0 Å². The van der Waals surface area contributed by atoms with E-state index in [4.69, 9.17) is 90.0 Å². The molecule has 10 aliphatic rings. The van der Waals surface area contributed by atoms with Crippen LogP contribution in [0.25, 0.3) is 0 Å². The molecule has 10 fully saturated rings. The molecule has 49 heteroatoms. The van der Waals surface area contributed by atoms with Crippen molar-refractivity contribution in [1.82, 2.24) is 16.0 Å². The van der Waals surface area contributed by atoms with E-state index in [1.54, 1.807) is 0 Å². The van der Waals surface area contributed by atoms with Crippen molar-refractivity contribution in [2.45, 2.75) is 362 Å². The first-order valence-corrected chi connectivity index (χ1v) is 37.4. The largest absolute Gasteiger partial charge is 0.394 e. The van der Waals surface area contributed by atoms with Gasteiger partial charge in [-0.15, -0.1) is 0 Å². The average molecular weight is 1680 g/mol. The van der Waals surface area contributed by atoms with Gasteiger partial charge in [-0.2, -0.15) is 0 Å². The standard InChI is InChI=1S/C66H111N3O46/c1-14-30(78)50(43(91)57(96)97-14)109-59-28(68-20(7)76)48(38(86)25(12-73)103-59)107-65-55(41(89)36(84)23(10-71)105-65)114-64-47(95)54(34(82)18(5)101-64)113-62-45(93)52(32(80)16(3)99-62)111-60-29(69-21(8)77)49(39(87)26(13-74)104-60)108-66-56(42(90)37(85)24(11-72)106-66)115-63-46(94)53(33(81)17(4)100-63)112-61-44(92)51(31(79)15(2)98-61)110-58-27(67-19(6)75)40(88)35(83)22(9-70)102-58/h14-18,22-66,70-74,78-96H,9-13H2,1-8H3,(H,67,75)(H,68,76)(H,69,77)/t14-,15-,16-,17-,18-,22+,23+,24+,25+,26+,27+,28+,29+,30-,31-,32-,33-,34-,35+,36+,37+,38+,39+,40+,41-,42-,43+,44+,45+,46+,47+,48+,49+,50+,51+,52+,53+,54+,55+,56+,57+,58+,59+,60+,61-,62-,63-,64-,65+,66+/m0/s1. The number of nitrogens with one attached hydrogen (secondary N) is 3. The summed E-state index contributed by atoms with van der Waals surface area (Å²) in [5.74, 6) is -2.54. The van der Waals surface area contributed by atoms with E-state index in [0.29, 0.717) is 0 Å². The molecule has 3 amide bonds. The summed E-state index contributed by atoms with van der Waals surface area (Å²) in [5.41, 5.74) is 0. The molecule has 27 N–H and O–H groups in total. The van der Waals surface area contributed by atoms with Gasteiger partial charge in [0.25, 0.3) is 0 Å². The highest BCUT2D eigenvalue weighted by Crippen LogP contribution is 2.41. The minimum Gasteiger partial charge on any atom is -0.394 e. The van der Waals surface area contributed by atoms with Crippen LogP contribution in [-0.4, -0.2) is 480 Å². The summed E-state index contributed by atoms with van der Waals surface area (Å²) in [5, 5.41) is 277. The number of rotatable bonds is 26. The van der Waals surface area contributed by atoms with Gasteiger partial charge in [0.1, 0.15) is 213 Å². The quantitative estimate of drug-likeness (QED) is 0.0382. The van der Waals surface area contributed by atoms with Gasteiger partial charge in [-0.3, -0.25) is 14.4 Å². The number of ether oxygens (including phenoxy) is 19. The first-order valence-electron chi connectivity index (χ1n) is 37.4. The van der Waals surface area contributed by atoms with Gasteiger partial charge in [0.05, 0.1) is 63.6 Å². The Bertz CT molecular complexity index is 3070. The monoisotopic (exact) mass is 1680 g/mol. The molecule has 0 unspecified atom stereocenters. The molecule has 0 aromatic carbocycles. The summed E-state index contributed by atoms with van der Waals surface area (Å²) in [6, 6.07) is -5.24. The van der Waals surface area contributed by atoms with Crippen LogP contribution >= 0.6 is 0 Å². The Morgan fingerprint density at radius 3 is 0.730 bits per heavy atom. The maximum absolute atomic E-state index is 13.3. The highest BCUT2D eigenvalue weighted by Gasteiger charge is 2.62. The van der Waals surface area contributed by atoms with E-state index in [1.807, 2.05) is 0 Å². The number of carbonyl (C=O) groups is 3. The third-order valence-electron chi connectivity index (χ3n) is 21.9. The fraction of sp³-hybridized carbons (Fsp3) is 0.955. The third-order valence-corrected chi connectivity index (χ3v) is 21.9. The molecular formula is C66H111N3O46. The van der Waals surface area contributed by atoms with Crippen LogP contribution in [0.3, 0.4) is 0 Å². The summed E-state index contributed by atoms with van der Waals surface area (Å²) in [4.78, 5) is 38.3. The predicted molar refractivity (Wildman–Crippen MR) is 357 cm³/mol. The van der Waals surface area contributed by atoms with Crippen LogP contribution in [-0.2, 0) is 104 Å². The van der Waals surface area contributed by atoms with Gasteiger partial charge in [-0.1, -0.05) is 0 Å². The number of aliphatic hydroxyl groups excluding tert-OH is 24. The number of hydrogen-bond donors (Lipinski definition) is 27. The molecule has 0 bridgehead atoms. The molecular weight excluding hydrogens is 1570 g/mol. The molecule has 10 rings (SSSR count). The molecule has 0 aromatic heterocycles. The highest BCUT2D eigenvalue weighted by atomic mass is 16.8. The van der Waals surface area contributed by atoms with E-state index in [9.17, 15) is 137 Å². The minimum atomic E-state index is -2.30. The van der Waals surface area contributed by atoms with E-state index in [2.05, 4.69) is 16.0 Å². The van der Waals surface area contributed by atoms with Crippen LogP contribution in [0.5, 0.6) is 0 Å². The van der Waals surface area contributed by atoms with Crippen molar-refractivity contribution in [3.05, 3.63) is 0 Å². The van der Waals surface area contributed by atoms with Crippen molar-refractivity contribution in [2.24, 2.45) is 0 Å².